The number of benzene rings is 1. The van der Waals surface area contributed by atoms with Gasteiger partial charge in [0.1, 0.15) is 5.01 Å². The molecule has 0 bridgehead atoms. The van der Waals surface area contributed by atoms with Gasteiger partial charge in [-0.25, -0.2) is 4.98 Å². The largest absolute Gasteiger partial charge is 0.454 e. The van der Waals surface area contributed by atoms with Crippen LogP contribution in [0, 0.1) is 5.92 Å². The molecule has 1 amide bonds. The molecule has 1 aliphatic carbocycles. The monoisotopic (exact) mass is 393 g/mol. The number of carbonyl (C=O) groups excluding carboxylic acids is 1. The van der Waals surface area contributed by atoms with Crippen molar-refractivity contribution in [3.63, 3.8) is 0 Å². The minimum Gasteiger partial charge on any atom is -0.454 e. The Bertz CT molecular complexity index is 1020. The van der Waals surface area contributed by atoms with Gasteiger partial charge in [0.25, 0.3) is 0 Å². The third-order valence-electron chi connectivity index (χ3n) is 5.10. The van der Waals surface area contributed by atoms with Crippen molar-refractivity contribution < 1.29 is 14.3 Å². The molecule has 1 aromatic carbocycles. The van der Waals surface area contributed by atoms with Crippen LogP contribution in [0.1, 0.15) is 22.6 Å². The Balaban J connectivity index is 1.23. The van der Waals surface area contributed by atoms with Gasteiger partial charge in [0.2, 0.25) is 12.7 Å². The number of nitrogens with zero attached hydrogens (tertiary/aromatic N) is 2. The van der Waals surface area contributed by atoms with Crippen LogP contribution in [0.4, 0.5) is 0 Å². The Hall–Kier alpha value is -2.93. The first kappa shape index (κ1) is 17.2. The zero-order chi connectivity index (χ0) is 18.9. The zero-order valence-corrected chi connectivity index (χ0v) is 16.0. The van der Waals surface area contributed by atoms with Crippen LogP contribution in [-0.4, -0.2) is 22.7 Å². The molecule has 0 fully saturated rings. The molecule has 0 radical (unpaired) electrons. The Morgan fingerprint density at radius 2 is 2.14 bits per heavy atom. The topological polar surface area (TPSA) is 73.3 Å². The number of fused-ring (bicyclic) bond motifs is 2. The van der Waals surface area contributed by atoms with Gasteiger partial charge in [-0.1, -0.05) is 12.1 Å². The number of amides is 1. The predicted octanol–water partition coefficient (Wildman–Crippen LogP) is 3.36. The fourth-order valence-corrected chi connectivity index (χ4v) is 4.75. The number of ether oxygens (including phenoxy) is 2. The Kier molecular flexibility index (Phi) is 4.44. The summed E-state index contributed by atoms with van der Waals surface area (Å²) in [5.74, 6) is 1.57. The van der Waals surface area contributed by atoms with E-state index in [2.05, 4.69) is 10.3 Å². The quantitative estimate of drug-likeness (QED) is 0.736. The van der Waals surface area contributed by atoms with Gasteiger partial charge in [-0.2, -0.15) is 0 Å². The SMILES string of the molecule is O=C(NCc1ccc2c(c1)OCO2)C1CCc2nc(-c3ccccn3)sc2C1. The maximum Gasteiger partial charge on any atom is 0.231 e. The second-order valence-corrected chi connectivity index (χ2v) is 8.03. The standard InChI is InChI=1S/C21H19N3O3S/c25-20(23-11-13-4-7-17-18(9-13)27-12-26-17)14-5-6-15-19(10-14)28-21(24-15)16-3-1-2-8-22-16/h1-4,7-9,14H,5-6,10-12H2,(H,23,25). The van der Waals surface area contributed by atoms with Crippen LogP contribution < -0.4 is 14.8 Å². The van der Waals surface area contributed by atoms with Crippen molar-refractivity contribution in [3.05, 3.63) is 58.7 Å². The summed E-state index contributed by atoms with van der Waals surface area (Å²) in [4.78, 5) is 23.0. The highest BCUT2D eigenvalue weighted by molar-refractivity contribution is 7.15. The van der Waals surface area contributed by atoms with Gasteiger partial charge < -0.3 is 14.8 Å². The first-order valence-corrected chi connectivity index (χ1v) is 10.1. The number of hydrogen-bond donors (Lipinski definition) is 1. The summed E-state index contributed by atoms with van der Waals surface area (Å²) < 4.78 is 10.7. The van der Waals surface area contributed by atoms with Gasteiger partial charge in [0.15, 0.2) is 11.5 Å². The summed E-state index contributed by atoms with van der Waals surface area (Å²) in [6.07, 6.45) is 4.18. The molecule has 2 aromatic heterocycles. The lowest BCUT2D eigenvalue weighted by molar-refractivity contribution is -0.125. The highest BCUT2D eigenvalue weighted by atomic mass is 32.1. The van der Waals surface area contributed by atoms with Gasteiger partial charge in [-0.15, -0.1) is 11.3 Å². The van der Waals surface area contributed by atoms with E-state index in [4.69, 9.17) is 14.5 Å². The van der Waals surface area contributed by atoms with Crippen molar-refractivity contribution in [3.8, 4) is 22.2 Å². The predicted molar refractivity (Wildman–Crippen MR) is 105 cm³/mol. The molecule has 0 spiro atoms. The lowest BCUT2D eigenvalue weighted by atomic mass is 9.90. The first-order valence-electron chi connectivity index (χ1n) is 9.32. The molecule has 1 aliphatic heterocycles. The van der Waals surface area contributed by atoms with Gasteiger partial charge in [0.05, 0.1) is 11.4 Å². The van der Waals surface area contributed by atoms with Gasteiger partial charge in [-0.05, 0) is 49.1 Å². The highest BCUT2D eigenvalue weighted by Gasteiger charge is 2.28. The number of aromatic nitrogens is 2. The maximum atomic E-state index is 12.7. The molecule has 2 aliphatic rings. The van der Waals surface area contributed by atoms with Gasteiger partial charge >= 0.3 is 0 Å². The van der Waals surface area contributed by atoms with Crippen molar-refractivity contribution in [1.82, 2.24) is 15.3 Å². The number of rotatable bonds is 4. The van der Waals surface area contributed by atoms with Gasteiger partial charge in [-0.3, -0.25) is 9.78 Å². The van der Waals surface area contributed by atoms with E-state index in [1.54, 1.807) is 17.5 Å². The Morgan fingerprint density at radius 1 is 1.21 bits per heavy atom. The van der Waals surface area contributed by atoms with Crippen LogP contribution in [0.25, 0.3) is 10.7 Å². The highest BCUT2D eigenvalue weighted by Crippen LogP contribution is 2.34. The van der Waals surface area contributed by atoms with Crippen LogP contribution in [0.15, 0.2) is 42.6 Å². The summed E-state index contributed by atoms with van der Waals surface area (Å²) in [5, 5.41) is 4.00. The summed E-state index contributed by atoms with van der Waals surface area (Å²) in [5.41, 5.74) is 3.01. The van der Waals surface area contributed by atoms with Crippen molar-refractivity contribution in [2.24, 2.45) is 5.92 Å². The number of pyridine rings is 1. The fraction of sp³-hybridized carbons (Fsp3) is 0.286. The van der Waals surface area contributed by atoms with E-state index in [-0.39, 0.29) is 18.6 Å². The lowest BCUT2D eigenvalue weighted by Crippen LogP contribution is -2.33. The summed E-state index contributed by atoms with van der Waals surface area (Å²) in [6.45, 7) is 0.742. The molecule has 1 N–H and O–H groups in total. The van der Waals surface area contributed by atoms with Crippen LogP contribution in [0.2, 0.25) is 0 Å². The van der Waals surface area contributed by atoms with Crippen molar-refractivity contribution >= 4 is 17.2 Å². The molecule has 5 rings (SSSR count). The molecule has 28 heavy (non-hydrogen) atoms. The van der Waals surface area contributed by atoms with E-state index < -0.39 is 0 Å². The molecule has 142 valence electrons. The maximum absolute atomic E-state index is 12.7. The van der Waals surface area contributed by atoms with E-state index in [1.807, 2.05) is 36.4 Å². The van der Waals surface area contributed by atoms with E-state index >= 15 is 0 Å². The number of hydrogen-bond acceptors (Lipinski definition) is 6. The van der Waals surface area contributed by atoms with Crippen LogP contribution >= 0.6 is 11.3 Å². The molecule has 1 atom stereocenters. The molecule has 3 aromatic rings. The third kappa shape index (κ3) is 3.33. The molecule has 6 nitrogen and oxygen atoms in total. The zero-order valence-electron chi connectivity index (χ0n) is 15.2. The third-order valence-corrected chi connectivity index (χ3v) is 6.24. The van der Waals surface area contributed by atoms with Gasteiger partial charge in [0, 0.05) is 23.5 Å². The van der Waals surface area contributed by atoms with E-state index in [0.717, 1.165) is 52.7 Å². The lowest BCUT2D eigenvalue weighted by Gasteiger charge is -2.20. The molecule has 0 saturated carbocycles. The molecule has 7 heteroatoms. The first-order chi connectivity index (χ1) is 13.8. The Labute approximate surface area is 166 Å². The fourth-order valence-electron chi connectivity index (χ4n) is 3.58. The number of carbonyl (C=O) groups is 1. The summed E-state index contributed by atoms with van der Waals surface area (Å²) in [7, 11) is 0. The van der Waals surface area contributed by atoms with Crippen LogP contribution in [0.5, 0.6) is 11.5 Å². The molecule has 0 saturated heterocycles. The normalized spacial score (nSPS) is 17.2. The van der Waals surface area contributed by atoms with Crippen molar-refractivity contribution in [2.75, 3.05) is 6.79 Å². The van der Waals surface area contributed by atoms with Crippen molar-refractivity contribution in [1.29, 1.82) is 0 Å². The number of nitrogens with one attached hydrogen (secondary N) is 1. The van der Waals surface area contributed by atoms with Crippen molar-refractivity contribution in [2.45, 2.75) is 25.8 Å². The molecular formula is C21H19N3O3S. The van der Waals surface area contributed by atoms with E-state index in [0.29, 0.717) is 6.54 Å². The van der Waals surface area contributed by atoms with E-state index in [9.17, 15) is 4.79 Å². The average molecular weight is 393 g/mol. The molecular weight excluding hydrogens is 374 g/mol. The number of thiazole rings is 1. The van der Waals surface area contributed by atoms with E-state index in [1.165, 1.54) is 4.88 Å². The van der Waals surface area contributed by atoms with Crippen LogP contribution in [0.3, 0.4) is 0 Å². The minimum absolute atomic E-state index is 0.0152. The summed E-state index contributed by atoms with van der Waals surface area (Å²) >= 11 is 1.65. The van der Waals surface area contributed by atoms with Crippen LogP contribution in [-0.2, 0) is 24.2 Å². The second-order valence-electron chi connectivity index (χ2n) is 6.95. The second kappa shape index (κ2) is 7.24. The minimum atomic E-state index is -0.0152. The summed E-state index contributed by atoms with van der Waals surface area (Å²) in [6, 6.07) is 11.6. The smallest absolute Gasteiger partial charge is 0.231 e. The Morgan fingerprint density at radius 3 is 3.04 bits per heavy atom. The average Bonchev–Trinajstić information content (AvgIpc) is 3.38. The molecule has 1 unspecified atom stereocenters. The molecule has 3 heterocycles. The number of aryl methyl sites for hydroxylation is 1.